The average Bonchev–Trinajstić information content (AvgIpc) is 3.54. The number of nitriles is 1. The smallest absolute Gasteiger partial charge is 0.140 e. The number of rotatable bonds is 6. The largest absolute Gasteiger partial charge is 0.371 e. The summed E-state index contributed by atoms with van der Waals surface area (Å²) < 4.78 is 5.64. The van der Waals surface area contributed by atoms with Crippen LogP contribution in [0.2, 0.25) is 0 Å². The molecule has 2 saturated heterocycles. The average molecular weight is 458 g/mol. The van der Waals surface area contributed by atoms with E-state index in [1.54, 1.807) is 6.20 Å². The number of pyridine rings is 1. The van der Waals surface area contributed by atoms with Crippen molar-refractivity contribution in [3.63, 3.8) is 0 Å². The first-order chi connectivity index (χ1) is 12.8. The van der Waals surface area contributed by atoms with Crippen molar-refractivity contribution in [2.24, 2.45) is 0 Å². The number of hydrogen-bond acceptors (Lipinski definition) is 5. The molecule has 29 heavy (non-hydrogen) atoms. The number of benzene rings is 1. The van der Waals surface area contributed by atoms with Gasteiger partial charge >= 0.3 is 0 Å². The SMILES string of the molecule is Cl.Cl.Cl.N#Cc1cc(CCN2CCN(C(c3ccccc3)C3CO3)CC2)ccn1. The van der Waals surface area contributed by atoms with E-state index in [0.717, 1.165) is 45.8 Å². The van der Waals surface area contributed by atoms with E-state index in [1.807, 2.05) is 12.1 Å². The maximum Gasteiger partial charge on any atom is 0.140 e. The number of epoxide rings is 1. The number of piperazine rings is 1. The Morgan fingerprint density at radius 1 is 1.07 bits per heavy atom. The number of halogens is 3. The summed E-state index contributed by atoms with van der Waals surface area (Å²) in [5.74, 6) is 0. The molecule has 2 unspecified atom stereocenters. The molecule has 2 aliphatic rings. The van der Waals surface area contributed by atoms with Crippen LogP contribution in [0.25, 0.3) is 0 Å². The van der Waals surface area contributed by atoms with Crippen molar-refractivity contribution in [1.29, 1.82) is 5.26 Å². The number of hydrogen-bond donors (Lipinski definition) is 0. The van der Waals surface area contributed by atoms with Gasteiger partial charge in [-0.25, -0.2) is 4.98 Å². The normalized spacial score (nSPS) is 19.6. The van der Waals surface area contributed by atoms with E-state index in [9.17, 15) is 0 Å². The molecule has 0 radical (unpaired) electrons. The van der Waals surface area contributed by atoms with Crippen LogP contribution >= 0.6 is 37.2 Å². The lowest BCUT2D eigenvalue weighted by Gasteiger charge is -2.39. The highest BCUT2D eigenvalue weighted by Gasteiger charge is 2.38. The van der Waals surface area contributed by atoms with Gasteiger partial charge in [0.1, 0.15) is 17.9 Å². The molecule has 5 nitrogen and oxygen atoms in total. The topological polar surface area (TPSA) is 55.7 Å². The molecule has 4 rings (SSSR count). The van der Waals surface area contributed by atoms with Gasteiger partial charge < -0.3 is 9.64 Å². The standard InChI is InChI=1S/C21H24N4O.3ClH/c22-15-19-14-17(6-8-23-19)7-9-24-10-12-25(13-11-24)21(20-16-26-20)18-4-2-1-3-5-18;;;/h1-6,8,14,20-21H,7,9-13,16H2;3*1H. The van der Waals surface area contributed by atoms with Gasteiger partial charge in [-0.1, -0.05) is 30.3 Å². The van der Waals surface area contributed by atoms with Crippen molar-refractivity contribution < 1.29 is 4.74 Å². The van der Waals surface area contributed by atoms with E-state index in [0.29, 0.717) is 17.8 Å². The second kappa shape index (κ2) is 12.3. The summed E-state index contributed by atoms with van der Waals surface area (Å²) in [6.45, 7) is 6.19. The highest BCUT2D eigenvalue weighted by atomic mass is 35.5. The Morgan fingerprint density at radius 3 is 2.38 bits per heavy atom. The van der Waals surface area contributed by atoms with Crippen LogP contribution in [0.5, 0.6) is 0 Å². The monoisotopic (exact) mass is 456 g/mol. The number of aromatic nitrogens is 1. The Hall–Kier alpha value is -1.39. The van der Waals surface area contributed by atoms with E-state index in [2.05, 4.69) is 51.2 Å². The Balaban J connectivity index is 0.00000140. The van der Waals surface area contributed by atoms with Crippen molar-refractivity contribution in [2.45, 2.75) is 18.6 Å². The summed E-state index contributed by atoms with van der Waals surface area (Å²) in [5.41, 5.74) is 3.05. The zero-order valence-corrected chi connectivity index (χ0v) is 18.6. The van der Waals surface area contributed by atoms with Crippen LogP contribution in [0.15, 0.2) is 48.7 Å². The number of nitrogens with zero attached hydrogens (tertiary/aromatic N) is 4. The molecule has 0 saturated carbocycles. The lowest BCUT2D eigenvalue weighted by atomic mass is 10.0. The van der Waals surface area contributed by atoms with Gasteiger partial charge in [0.15, 0.2) is 0 Å². The quantitative estimate of drug-likeness (QED) is 0.621. The molecule has 0 spiro atoms. The summed E-state index contributed by atoms with van der Waals surface area (Å²) in [5, 5.41) is 8.97. The molecule has 2 atom stereocenters. The molecular formula is C21H27Cl3N4O. The summed E-state index contributed by atoms with van der Waals surface area (Å²) in [6, 6.07) is 17.1. The van der Waals surface area contributed by atoms with E-state index in [4.69, 9.17) is 10.00 Å². The van der Waals surface area contributed by atoms with Crippen molar-refractivity contribution in [1.82, 2.24) is 14.8 Å². The lowest BCUT2D eigenvalue weighted by molar-refractivity contribution is 0.0825. The Labute approximate surface area is 191 Å². The minimum atomic E-state index is 0. The van der Waals surface area contributed by atoms with E-state index in [-0.39, 0.29) is 37.2 Å². The van der Waals surface area contributed by atoms with Gasteiger partial charge in [-0.2, -0.15) is 5.26 Å². The predicted octanol–water partition coefficient (Wildman–Crippen LogP) is 3.52. The van der Waals surface area contributed by atoms with E-state index >= 15 is 0 Å². The molecule has 1 aromatic heterocycles. The third-order valence-electron chi connectivity index (χ3n) is 5.31. The molecule has 2 aliphatic heterocycles. The molecule has 0 bridgehead atoms. The van der Waals surface area contributed by atoms with Gasteiger partial charge in [0.2, 0.25) is 0 Å². The van der Waals surface area contributed by atoms with E-state index in [1.165, 1.54) is 11.1 Å². The van der Waals surface area contributed by atoms with Gasteiger partial charge in [-0.3, -0.25) is 4.90 Å². The summed E-state index contributed by atoms with van der Waals surface area (Å²) >= 11 is 0. The van der Waals surface area contributed by atoms with Crippen LogP contribution in [0.1, 0.15) is 22.9 Å². The molecule has 0 N–H and O–H groups in total. The Morgan fingerprint density at radius 2 is 1.76 bits per heavy atom. The first-order valence-corrected chi connectivity index (χ1v) is 9.31. The van der Waals surface area contributed by atoms with E-state index < -0.39 is 0 Å². The van der Waals surface area contributed by atoms with Crippen molar-refractivity contribution >= 4 is 37.2 Å². The molecule has 8 heteroatoms. The summed E-state index contributed by atoms with van der Waals surface area (Å²) in [7, 11) is 0. The molecule has 158 valence electrons. The highest BCUT2D eigenvalue weighted by molar-refractivity contribution is 5.86. The third kappa shape index (κ3) is 6.82. The van der Waals surface area contributed by atoms with Crippen molar-refractivity contribution in [2.75, 3.05) is 39.3 Å². The maximum absolute atomic E-state index is 8.97. The van der Waals surface area contributed by atoms with Crippen LogP contribution in [0, 0.1) is 11.3 Å². The van der Waals surface area contributed by atoms with Crippen molar-refractivity contribution in [3.8, 4) is 6.07 Å². The third-order valence-corrected chi connectivity index (χ3v) is 5.31. The van der Waals surface area contributed by atoms with Crippen LogP contribution < -0.4 is 0 Å². The molecule has 3 heterocycles. The fourth-order valence-corrected chi connectivity index (χ4v) is 3.79. The molecule has 1 aromatic carbocycles. The second-order valence-electron chi connectivity index (χ2n) is 7.02. The van der Waals surface area contributed by atoms with Gasteiger partial charge in [0.05, 0.1) is 12.6 Å². The van der Waals surface area contributed by atoms with Gasteiger partial charge in [0, 0.05) is 38.9 Å². The second-order valence-corrected chi connectivity index (χ2v) is 7.02. The van der Waals surface area contributed by atoms with Crippen LogP contribution in [0.3, 0.4) is 0 Å². The fraction of sp³-hybridized carbons (Fsp3) is 0.429. The molecule has 2 fully saturated rings. The highest BCUT2D eigenvalue weighted by Crippen LogP contribution is 2.33. The molecule has 0 aliphatic carbocycles. The molecular weight excluding hydrogens is 431 g/mol. The van der Waals surface area contributed by atoms with Crippen LogP contribution in [-0.4, -0.2) is 60.2 Å². The minimum absolute atomic E-state index is 0. The number of ether oxygens (including phenoxy) is 1. The zero-order valence-electron chi connectivity index (χ0n) is 16.1. The molecule has 2 aromatic rings. The zero-order chi connectivity index (χ0) is 17.8. The van der Waals surface area contributed by atoms with Crippen molar-refractivity contribution in [3.05, 3.63) is 65.5 Å². The Kier molecular flexibility index (Phi) is 10.9. The Bertz CT molecular complexity index is 775. The fourth-order valence-electron chi connectivity index (χ4n) is 3.79. The predicted molar refractivity (Wildman–Crippen MR) is 121 cm³/mol. The first-order valence-electron chi connectivity index (χ1n) is 9.31. The molecule has 0 amide bonds. The lowest BCUT2D eigenvalue weighted by Crippen LogP contribution is -2.49. The van der Waals surface area contributed by atoms with Crippen LogP contribution in [0.4, 0.5) is 0 Å². The van der Waals surface area contributed by atoms with Crippen LogP contribution in [-0.2, 0) is 11.2 Å². The van der Waals surface area contributed by atoms with Gasteiger partial charge in [-0.05, 0) is 29.7 Å². The minimum Gasteiger partial charge on any atom is -0.371 e. The van der Waals surface area contributed by atoms with Gasteiger partial charge in [-0.15, -0.1) is 37.2 Å². The van der Waals surface area contributed by atoms with Gasteiger partial charge in [0.25, 0.3) is 0 Å². The summed E-state index contributed by atoms with van der Waals surface area (Å²) in [4.78, 5) is 9.13. The summed E-state index contributed by atoms with van der Waals surface area (Å²) in [6.07, 6.45) is 3.04. The maximum atomic E-state index is 8.97. The first kappa shape index (κ1) is 25.6.